The molecular formula is C8H10N4. The summed E-state index contributed by atoms with van der Waals surface area (Å²) in [5.74, 6) is 2.11. The van der Waals surface area contributed by atoms with E-state index < -0.39 is 0 Å². The molecule has 0 atom stereocenters. The number of hydrogen-bond acceptors (Lipinski definition) is 3. The Hall–Kier alpha value is -1.45. The number of aromatic nitrogens is 4. The maximum Gasteiger partial charge on any atom is 0.236 e. The van der Waals surface area contributed by atoms with Gasteiger partial charge in [0.25, 0.3) is 0 Å². The molecule has 0 fully saturated rings. The minimum atomic E-state index is 0.393. The van der Waals surface area contributed by atoms with Crippen LogP contribution in [-0.4, -0.2) is 19.4 Å². The summed E-state index contributed by atoms with van der Waals surface area (Å²) in [5.41, 5.74) is 0. The van der Waals surface area contributed by atoms with Gasteiger partial charge in [0.2, 0.25) is 5.78 Å². The summed E-state index contributed by atoms with van der Waals surface area (Å²) in [6, 6.07) is 0. The lowest BCUT2D eigenvalue weighted by molar-refractivity contribution is 0.740. The number of rotatable bonds is 1. The molecule has 2 aromatic rings. The van der Waals surface area contributed by atoms with E-state index in [1.54, 1.807) is 12.5 Å². The summed E-state index contributed by atoms with van der Waals surface area (Å²) in [6.07, 6.45) is 5.16. The molecule has 0 unspecified atom stereocenters. The van der Waals surface area contributed by atoms with Crippen molar-refractivity contribution in [1.82, 2.24) is 19.4 Å². The Morgan fingerprint density at radius 3 is 2.83 bits per heavy atom. The molecule has 0 amide bonds. The van der Waals surface area contributed by atoms with Crippen molar-refractivity contribution in [1.29, 1.82) is 0 Å². The van der Waals surface area contributed by atoms with Crippen LogP contribution in [0.3, 0.4) is 0 Å². The molecule has 0 bridgehead atoms. The predicted octanol–water partition coefficient (Wildman–Crippen LogP) is 1.25. The first-order valence-electron chi connectivity index (χ1n) is 3.93. The quantitative estimate of drug-likeness (QED) is 0.633. The van der Waals surface area contributed by atoms with Crippen LogP contribution in [0.15, 0.2) is 18.7 Å². The Morgan fingerprint density at radius 2 is 2.08 bits per heavy atom. The van der Waals surface area contributed by atoms with Crippen LogP contribution in [0.25, 0.3) is 5.78 Å². The minimum absolute atomic E-state index is 0.393. The summed E-state index contributed by atoms with van der Waals surface area (Å²) < 4.78 is 1.91. The Balaban J connectivity index is 2.73. The van der Waals surface area contributed by atoms with E-state index in [9.17, 15) is 0 Å². The molecular weight excluding hydrogens is 152 g/mol. The number of nitrogens with zero attached hydrogens (tertiary/aromatic N) is 4. The van der Waals surface area contributed by atoms with E-state index in [-0.39, 0.29) is 0 Å². The normalized spacial score (nSPS) is 11.2. The third-order valence-corrected chi connectivity index (χ3v) is 1.75. The first-order chi connectivity index (χ1) is 5.79. The van der Waals surface area contributed by atoms with Gasteiger partial charge in [0, 0.05) is 18.3 Å². The summed E-state index contributed by atoms with van der Waals surface area (Å²) in [4.78, 5) is 12.3. The average molecular weight is 162 g/mol. The van der Waals surface area contributed by atoms with Crippen LogP contribution in [0.1, 0.15) is 25.6 Å². The van der Waals surface area contributed by atoms with Gasteiger partial charge in [-0.3, -0.25) is 4.40 Å². The topological polar surface area (TPSA) is 43.1 Å². The number of imidazole rings is 1. The molecule has 0 N–H and O–H groups in total. The van der Waals surface area contributed by atoms with Gasteiger partial charge in [0.05, 0.1) is 0 Å². The molecule has 0 radical (unpaired) electrons. The average Bonchev–Trinajstić information content (AvgIpc) is 2.49. The van der Waals surface area contributed by atoms with E-state index in [1.807, 2.05) is 10.6 Å². The number of fused-ring (bicyclic) bond motifs is 1. The first-order valence-corrected chi connectivity index (χ1v) is 3.93. The fourth-order valence-corrected chi connectivity index (χ4v) is 1.20. The van der Waals surface area contributed by atoms with Crippen LogP contribution in [0, 0.1) is 0 Å². The van der Waals surface area contributed by atoms with Crippen LogP contribution < -0.4 is 0 Å². The second-order valence-electron chi connectivity index (χ2n) is 2.98. The van der Waals surface area contributed by atoms with Crippen LogP contribution in [0.5, 0.6) is 0 Å². The molecule has 2 heterocycles. The molecule has 0 spiro atoms. The molecule has 0 aliphatic carbocycles. The highest BCUT2D eigenvalue weighted by Gasteiger charge is 2.05. The van der Waals surface area contributed by atoms with Gasteiger partial charge in [-0.2, -0.15) is 0 Å². The zero-order valence-electron chi connectivity index (χ0n) is 7.10. The highest BCUT2D eigenvalue weighted by Crippen LogP contribution is 2.10. The van der Waals surface area contributed by atoms with Crippen LogP contribution >= 0.6 is 0 Å². The van der Waals surface area contributed by atoms with Crippen LogP contribution in [0.4, 0.5) is 0 Å². The molecule has 0 aliphatic rings. The molecule has 4 heteroatoms. The first kappa shape index (κ1) is 7.21. The monoisotopic (exact) mass is 162 g/mol. The van der Waals surface area contributed by atoms with Crippen LogP contribution in [0.2, 0.25) is 0 Å². The molecule has 4 nitrogen and oxygen atoms in total. The SMILES string of the molecule is CC(C)c1ncnc2nccn12. The zero-order valence-corrected chi connectivity index (χ0v) is 7.10. The molecule has 62 valence electrons. The Bertz CT molecular complexity index is 391. The highest BCUT2D eigenvalue weighted by molar-refractivity contribution is 5.27. The van der Waals surface area contributed by atoms with E-state index in [4.69, 9.17) is 0 Å². The standard InChI is InChI=1S/C8H10N4/c1-6(2)7-10-5-11-8-9-3-4-12(7)8/h3-6H,1-2H3. The van der Waals surface area contributed by atoms with Gasteiger partial charge in [-0.15, -0.1) is 0 Å². The molecule has 12 heavy (non-hydrogen) atoms. The smallest absolute Gasteiger partial charge is 0.236 e. The zero-order chi connectivity index (χ0) is 8.55. The summed E-state index contributed by atoms with van der Waals surface area (Å²) in [5, 5.41) is 0. The van der Waals surface area contributed by atoms with E-state index in [0.29, 0.717) is 11.7 Å². The molecule has 0 saturated heterocycles. The number of hydrogen-bond donors (Lipinski definition) is 0. The lowest BCUT2D eigenvalue weighted by atomic mass is 10.2. The van der Waals surface area contributed by atoms with Gasteiger partial charge in [-0.05, 0) is 0 Å². The van der Waals surface area contributed by atoms with Crippen LogP contribution in [-0.2, 0) is 0 Å². The van der Waals surface area contributed by atoms with E-state index in [0.717, 1.165) is 5.82 Å². The minimum Gasteiger partial charge on any atom is -0.271 e. The second-order valence-corrected chi connectivity index (χ2v) is 2.98. The Morgan fingerprint density at radius 1 is 1.25 bits per heavy atom. The summed E-state index contributed by atoms with van der Waals surface area (Å²) >= 11 is 0. The molecule has 2 rings (SSSR count). The van der Waals surface area contributed by atoms with E-state index in [2.05, 4.69) is 28.8 Å². The molecule has 0 aromatic carbocycles. The maximum atomic E-state index is 4.19. The largest absolute Gasteiger partial charge is 0.271 e. The van der Waals surface area contributed by atoms with Crippen molar-refractivity contribution in [2.45, 2.75) is 19.8 Å². The van der Waals surface area contributed by atoms with Crippen molar-refractivity contribution >= 4 is 5.78 Å². The second kappa shape index (κ2) is 2.55. The van der Waals surface area contributed by atoms with Gasteiger partial charge in [-0.1, -0.05) is 13.8 Å². The fourth-order valence-electron chi connectivity index (χ4n) is 1.20. The summed E-state index contributed by atoms with van der Waals surface area (Å²) in [7, 11) is 0. The van der Waals surface area contributed by atoms with Crippen molar-refractivity contribution < 1.29 is 0 Å². The van der Waals surface area contributed by atoms with Gasteiger partial charge in [-0.25, -0.2) is 15.0 Å². The van der Waals surface area contributed by atoms with Crippen molar-refractivity contribution in [3.63, 3.8) is 0 Å². The van der Waals surface area contributed by atoms with Crippen molar-refractivity contribution in [3.05, 3.63) is 24.5 Å². The van der Waals surface area contributed by atoms with Gasteiger partial charge in [0.15, 0.2) is 0 Å². The third-order valence-electron chi connectivity index (χ3n) is 1.75. The predicted molar refractivity (Wildman–Crippen MR) is 44.9 cm³/mol. The van der Waals surface area contributed by atoms with Gasteiger partial charge < -0.3 is 0 Å². The Labute approximate surface area is 70.3 Å². The maximum absolute atomic E-state index is 4.19. The fraction of sp³-hybridized carbons (Fsp3) is 0.375. The summed E-state index contributed by atoms with van der Waals surface area (Å²) in [6.45, 7) is 4.20. The van der Waals surface area contributed by atoms with E-state index >= 15 is 0 Å². The van der Waals surface area contributed by atoms with E-state index in [1.165, 1.54) is 0 Å². The third kappa shape index (κ3) is 0.958. The highest BCUT2D eigenvalue weighted by atomic mass is 15.1. The van der Waals surface area contributed by atoms with Crippen molar-refractivity contribution in [3.8, 4) is 0 Å². The molecule has 2 aromatic heterocycles. The Kier molecular flexibility index (Phi) is 1.53. The van der Waals surface area contributed by atoms with Crippen molar-refractivity contribution in [2.24, 2.45) is 0 Å². The van der Waals surface area contributed by atoms with Gasteiger partial charge in [0.1, 0.15) is 12.2 Å². The molecule has 0 saturated carbocycles. The molecule has 0 aliphatic heterocycles. The lowest BCUT2D eigenvalue weighted by Gasteiger charge is -2.05. The lowest BCUT2D eigenvalue weighted by Crippen LogP contribution is -2.02. The van der Waals surface area contributed by atoms with Gasteiger partial charge >= 0.3 is 0 Å². The van der Waals surface area contributed by atoms with Crippen molar-refractivity contribution in [2.75, 3.05) is 0 Å².